The van der Waals surface area contributed by atoms with Gasteiger partial charge in [0.05, 0.1) is 5.69 Å². The van der Waals surface area contributed by atoms with Gasteiger partial charge in [0.1, 0.15) is 0 Å². The third-order valence-electron chi connectivity index (χ3n) is 3.84. The molecule has 0 atom stereocenters. The molecule has 2 aromatic heterocycles. The largest absolute Gasteiger partial charge is 0.264 e. The Morgan fingerprint density at radius 3 is 2.21 bits per heavy atom. The first-order chi connectivity index (χ1) is 11.9. The fraction of sp³-hybridized carbons (Fsp3) is 0. The lowest BCUT2D eigenvalue weighted by molar-refractivity contribution is 1.18. The molecule has 0 saturated heterocycles. The standard InChI is InChI=1S/C21H15N3/c1-2-6-16(7-3-1)20-11-13-23-21(24-20)18-9-4-8-17(14-18)19-10-5-12-22-15-19/h1-15H. The Bertz CT molecular complexity index is 870. The van der Waals surface area contributed by atoms with E-state index in [9.17, 15) is 0 Å². The van der Waals surface area contributed by atoms with Crippen molar-refractivity contribution in [2.75, 3.05) is 0 Å². The Balaban J connectivity index is 1.75. The van der Waals surface area contributed by atoms with Crippen LogP contribution in [0.1, 0.15) is 0 Å². The first-order valence-electron chi connectivity index (χ1n) is 7.79. The van der Waals surface area contributed by atoms with Crippen molar-refractivity contribution in [2.24, 2.45) is 0 Å². The van der Waals surface area contributed by atoms with Crippen molar-refractivity contribution in [3.8, 4) is 33.8 Å². The topological polar surface area (TPSA) is 38.7 Å². The Kier molecular flexibility index (Phi) is 3.82. The second-order valence-corrected chi connectivity index (χ2v) is 5.45. The number of benzene rings is 2. The third kappa shape index (κ3) is 2.92. The molecule has 0 N–H and O–H groups in total. The van der Waals surface area contributed by atoms with Crippen molar-refractivity contribution in [3.63, 3.8) is 0 Å². The zero-order valence-corrected chi connectivity index (χ0v) is 13.0. The Labute approximate surface area is 140 Å². The lowest BCUT2D eigenvalue weighted by Gasteiger charge is -2.06. The molecule has 0 amide bonds. The number of aromatic nitrogens is 3. The summed E-state index contributed by atoms with van der Waals surface area (Å²) in [6.45, 7) is 0. The van der Waals surface area contributed by atoms with Crippen LogP contribution in [0.25, 0.3) is 33.8 Å². The van der Waals surface area contributed by atoms with Crippen LogP contribution in [0.2, 0.25) is 0 Å². The summed E-state index contributed by atoms with van der Waals surface area (Å²) in [6.07, 6.45) is 5.45. The number of nitrogens with zero attached hydrogens (tertiary/aromatic N) is 3. The maximum absolute atomic E-state index is 4.72. The van der Waals surface area contributed by atoms with Crippen LogP contribution in [0, 0.1) is 0 Å². The Morgan fingerprint density at radius 2 is 1.38 bits per heavy atom. The van der Waals surface area contributed by atoms with Gasteiger partial charge in [-0.25, -0.2) is 9.97 Å². The van der Waals surface area contributed by atoms with Crippen LogP contribution in [0.5, 0.6) is 0 Å². The van der Waals surface area contributed by atoms with Gasteiger partial charge in [-0.1, -0.05) is 54.6 Å². The fourth-order valence-electron chi connectivity index (χ4n) is 2.64. The second-order valence-electron chi connectivity index (χ2n) is 5.45. The van der Waals surface area contributed by atoms with E-state index in [0.29, 0.717) is 0 Å². The van der Waals surface area contributed by atoms with E-state index in [1.54, 1.807) is 12.4 Å². The number of pyridine rings is 1. The van der Waals surface area contributed by atoms with Crippen molar-refractivity contribution >= 4 is 0 Å². The molecule has 0 aliphatic rings. The van der Waals surface area contributed by atoms with E-state index in [1.807, 2.05) is 54.7 Å². The maximum Gasteiger partial charge on any atom is 0.159 e. The van der Waals surface area contributed by atoms with Gasteiger partial charge in [0.15, 0.2) is 5.82 Å². The summed E-state index contributed by atoms with van der Waals surface area (Å²) in [5.41, 5.74) is 5.19. The molecular formula is C21H15N3. The summed E-state index contributed by atoms with van der Waals surface area (Å²) in [7, 11) is 0. The van der Waals surface area contributed by atoms with Crippen molar-refractivity contribution < 1.29 is 0 Å². The molecule has 4 rings (SSSR count). The molecule has 24 heavy (non-hydrogen) atoms. The highest BCUT2D eigenvalue weighted by molar-refractivity contribution is 5.70. The van der Waals surface area contributed by atoms with E-state index in [0.717, 1.165) is 33.8 Å². The van der Waals surface area contributed by atoms with Gasteiger partial charge >= 0.3 is 0 Å². The minimum atomic E-state index is 0.724. The molecule has 0 aliphatic heterocycles. The highest BCUT2D eigenvalue weighted by Crippen LogP contribution is 2.25. The van der Waals surface area contributed by atoms with E-state index in [4.69, 9.17) is 4.98 Å². The number of hydrogen-bond acceptors (Lipinski definition) is 3. The molecule has 0 aliphatic carbocycles. The zero-order chi connectivity index (χ0) is 16.2. The smallest absolute Gasteiger partial charge is 0.159 e. The molecule has 114 valence electrons. The molecule has 2 aromatic carbocycles. The summed E-state index contributed by atoms with van der Waals surface area (Å²) in [6, 6.07) is 24.3. The van der Waals surface area contributed by atoms with Gasteiger partial charge in [-0.15, -0.1) is 0 Å². The number of hydrogen-bond donors (Lipinski definition) is 0. The first-order valence-corrected chi connectivity index (χ1v) is 7.79. The average molecular weight is 309 g/mol. The lowest BCUT2D eigenvalue weighted by Crippen LogP contribution is -1.92. The second kappa shape index (κ2) is 6.42. The van der Waals surface area contributed by atoms with E-state index < -0.39 is 0 Å². The van der Waals surface area contributed by atoms with Gasteiger partial charge in [-0.2, -0.15) is 0 Å². The van der Waals surface area contributed by atoms with Crippen molar-refractivity contribution in [1.29, 1.82) is 0 Å². The molecule has 0 unspecified atom stereocenters. The molecule has 0 radical (unpaired) electrons. The molecule has 0 bridgehead atoms. The molecular weight excluding hydrogens is 294 g/mol. The minimum absolute atomic E-state index is 0.724. The SMILES string of the molecule is c1ccc(-c2ccnc(-c3cccc(-c4cccnc4)c3)n2)cc1. The van der Waals surface area contributed by atoms with Crippen LogP contribution < -0.4 is 0 Å². The summed E-state index contributed by atoms with van der Waals surface area (Å²) in [4.78, 5) is 13.4. The maximum atomic E-state index is 4.72. The van der Waals surface area contributed by atoms with Gasteiger partial charge in [0.2, 0.25) is 0 Å². The lowest BCUT2D eigenvalue weighted by atomic mass is 10.0. The van der Waals surface area contributed by atoms with E-state index in [-0.39, 0.29) is 0 Å². The highest BCUT2D eigenvalue weighted by Gasteiger charge is 2.06. The molecule has 3 heteroatoms. The normalized spacial score (nSPS) is 10.5. The Hall–Kier alpha value is -3.33. The predicted molar refractivity (Wildman–Crippen MR) is 96.1 cm³/mol. The van der Waals surface area contributed by atoms with Crippen molar-refractivity contribution in [2.45, 2.75) is 0 Å². The monoisotopic (exact) mass is 309 g/mol. The predicted octanol–water partition coefficient (Wildman–Crippen LogP) is 4.87. The number of rotatable bonds is 3. The van der Waals surface area contributed by atoms with Crippen LogP contribution in [0.3, 0.4) is 0 Å². The van der Waals surface area contributed by atoms with E-state index in [1.165, 1.54) is 0 Å². The highest BCUT2D eigenvalue weighted by atomic mass is 14.9. The molecule has 3 nitrogen and oxygen atoms in total. The molecule has 0 fully saturated rings. The van der Waals surface area contributed by atoms with Gasteiger partial charge in [0.25, 0.3) is 0 Å². The van der Waals surface area contributed by atoms with E-state index >= 15 is 0 Å². The van der Waals surface area contributed by atoms with Crippen molar-refractivity contribution in [1.82, 2.24) is 15.0 Å². The van der Waals surface area contributed by atoms with Crippen LogP contribution in [0.4, 0.5) is 0 Å². The summed E-state index contributed by atoms with van der Waals surface area (Å²) >= 11 is 0. The molecule has 0 spiro atoms. The van der Waals surface area contributed by atoms with Gasteiger partial charge in [0, 0.05) is 35.3 Å². The summed E-state index contributed by atoms with van der Waals surface area (Å²) in [5.74, 6) is 0.724. The van der Waals surface area contributed by atoms with Crippen LogP contribution >= 0.6 is 0 Å². The Morgan fingerprint density at radius 1 is 0.583 bits per heavy atom. The molecule has 4 aromatic rings. The summed E-state index contributed by atoms with van der Waals surface area (Å²) < 4.78 is 0. The van der Waals surface area contributed by atoms with Crippen LogP contribution in [0.15, 0.2) is 91.4 Å². The zero-order valence-electron chi connectivity index (χ0n) is 13.0. The van der Waals surface area contributed by atoms with Gasteiger partial charge < -0.3 is 0 Å². The minimum Gasteiger partial charge on any atom is -0.264 e. The third-order valence-corrected chi connectivity index (χ3v) is 3.84. The molecule has 2 heterocycles. The van der Waals surface area contributed by atoms with Crippen LogP contribution in [-0.4, -0.2) is 15.0 Å². The quantitative estimate of drug-likeness (QED) is 0.542. The van der Waals surface area contributed by atoms with Crippen LogP contribution in [-0.2, 0) is 0 Å². The fourth-order valence-corrected chi connectivity index (χ4v) is 2.64. The van der Waals surface area contributed by atoms with Gasteiger partial charge in [-0.3, -0.25) is 4.98 Å². The average Bonchev–Trinajstić information content (AvgIpc) is 2.70. The summed E-state index contributed by atoms with van der Waals surface area (Å²) in [5, 5.41) is 0. The first kappa shape index (κ1) is 14.3. The van der Waals surface area contributed by atoms with Crippen molar-refractivity contribution in [3.05, 3.63) is 91.4 Å². The van der Waals surface area contributed by atoms with Gasteiger partial charge in [-0.05, 0) is 23.8 Å². The molecule has 0 saturated carbocycles. The van der Waals surface area contributed by atoms with E-state index in [2.05, 4.69) is 34.2 Å².